The van der Waals surface area contributed by atoms with Crippen molar-refractivity contribution in [1.82, 2.24) is 0 Å². The van der Waals surface area contributed by atoms with Gasteiger partial charge < -0.3 is 16.2 Å². The predicted molar refractivity (Wildman–Crippen MR) is 62.5 cm³/mol. The fourth-order valence-electron chi connectivity index (χ4n) is 1.29. The fraction of sp³-hybridized carbons (Fsp3) is 0.417. The fourth-order valence-corrected chi connectivity index (χ4v) is 1.29. The van der Waals surface area contributed by atoms with E-state index >= 15 is 0 Å². The molecule has 0 aromatic heterocycles. The monoisotopic (exact) mass is 222 g/mol. The zero-order valence-corrected chi connectivity index (χ0v) is 9.48. The SMILES string of the molecule is CC(N)(CCN)C(=O)OCc1ccccc1. The average molecular weight is 222 g/mol. The van der Waals surface area contributed by atoms with Gasteiger partial charge in [-0.3, -0.25) is 4.79 Å². The van der Waals surface area contributed by atoms with Crippen molar-refractivity contribution < 1.29 is 9.53 Å². The Labute approximate surface area is 95.6 Å². The summed E-state index contributed by atoms with van der Waals surface area (Å²) in [5.74, 6) is -0.415. The molecule has 0 fully saturated rings. The highest BCUT2D eigenvalue weighted by Gasteiger charge is 2.28. The van der Waals surface area contributed by atoms with E-state index in [0.29, 0.717) is 13.0 Å². The van der Waals surface area contributed by atoms with Crippen LogP contribution in [-0.2, 0) is 16.1 Å². The molecule has 4 N–H and O–H groups in total. The van der Waals surface area contributed by atoms with E-state index < -0.39 is 11.5 Å². The first-order valence-electron chi connectivity index (χ1n) is 5.26. The molecule has 0 bridgehead atoms. The van der Waals surface area contributed by atoms with Crippen LogP contribution in [-0.4, -0.2) is 18.1 Å². The van der Waals surface area contributed by atoms with Gasteiger partial charge in [0, 0.05) is 0 Å². The van der Waals surface area contributed by atoms with E-state index in [-0.39, 0.29) is 6.61 Å². The Morgan fingerprint density at radius 2 is 2.00 bits per heavy atom. The first kappa shape index (κ1) is 12.7. The van der Waals surface area contributed by atoms with Crippen molar-refractivity contribution in [3.05, 3.63) is 35.9 Å². The lowest BCUT2D eigenvalue weighted by Gasteiger charge is -2.21. The summed E-state index contributed by atoms with van der Waals surface area (Å²) in [5, 5.41) is 0. The van der Waals surface area contributed by atoms with Gasteiger partial charge in [-0.25, -0.2) is 0 Å². The topological polar surface area (TPSA) is 78.3 Å². The molecule has 1 rings (SSSR count). The lowest BCUT2D eigenvalue weighted by atomic mass is 10.00. The summed E-state index contributed by atoms with van der Waals surface area (Å²) in [6, 6.07) is 9.48. The molecule has 1 aromatic carbocycles. The Kier molecular flexibility index (Phi) is 4.46. The first-order valence-corrected chi connectivity index (χ1v) is 5.26. The molecule has 0 radical (unpaired) electrons. The molecule has 0 aliphatic carbocycles. The van der Waals surface area contributed by atoms with E-state index in [1.165, 1.54) is 0 Å². The molecule has 0 aliphatic heterocycles. The van der Waals surface area contributed by atoms with Crippen LogP contribution in [0.2, 0.25) is 0 Å². The Morgan fingerprint density at radius 3 is 2.56 bits per heavy atom. The lowest BCUT2D eigenvalue weighted by molar-refractivity contribution is -0.151. The van der Waals surface area contributed by atoms with E-state index in [1.807, 2.05) is 30.3 Å². The third-order valence-electron chi connectivity index (χ3n) is 2.34. The quantitative estimate of drug-likeness (QED) is 0.722. The number of ether oxygens (including phenoxy) is 1. The molecule has 0 aliphatic rings. The second kappa shape index (κ2) is 5.63. The van der Waals surface area contributed by atoms with Gasteiger partial charge in [-0.2, -0.15) is 0 Å². The van der Waals surface area contributed by atoms with Crippen molar-refractivity contribution in [2.45, 2.75) is 25.5 Å². The largest absolute Gasteiger partial charge is 0.459 e. The number of carbonyl (C=O) groups is 1. The van der Waals surface area contributed by atoms with Gasteiger partial charge in [0.05, 0.1) is 0 Å². The molecule has 0 saturated heterocycles. The molecule has 0 amide bonds. The van der Waals surface area contributed by atoms with Crippen molar-refractivity contribution in [2.75, 3.05) is 6.54 Å². The van der Waals surface area contributed by atoms with Gasteiger partial charge in [0.15, 0.2) is 0 Å². The number of esters is 1. The minimum absolute atomic E-state index is 0.247. The van der Waals surface area contributed by atoms with E-state index in [4.69, 9.17) is 16.2 Å². The van der Waals surface area contributed by atoms with Crippen LogP contribution in [0.5, 0.6) is 0 Å². The maximum atomic E-state index is 11.6. The Morgan fingerprint density at radius 1 is 1.38 bits per heavy atom. The molecule has 88 valence electrons. The summed E-state index contributed by atoms with van der Waals surface area (Å²) in [7, 11) is 0. The summed E-state index contributed by atoms with van der Waals surface area (Å²) in [4.78, 5) is 11.6. The van der Waals surface area contributed by atoms with Gasteiger partial charge in [0.1, 0.15) is 12.1 Å². The summed E-state index contributed by atoms with van der Waals surface area (Å²) in [6.45, 7) is 2.25. The zero-order chi connectivity index (χ0) is 12.0. The third-order valence-corrected chi connectivity index (χ3v) is 2.34. The maximum absolute atomic E-state index is 11.6. The normalized spacial score (nSPS) is 14.2. The van der Waals surface area contributed by atoms with E-state index in [1.54, 1.807) is 6.92 Å². The van der Waals surface area contributed by atoms with Gasteiger partial charge in [-0.05, 0) is 25.5 Å². The first-order chi connectivity index (χ1) is 7.56. The number of hydrogen-bond acceptors (Lipinski definition) is 4. The number of hydrogen-bond donors (Lipinski definition) is 2. The van der Waals surface area contributed by atoms with Crippen LogP contribution in [0.3, 0.4) is 0 Å². The smallest absolute Gasteiger partial charge is 0.326 e. The van der Waals surface area contributed by atoms with Gasteiger partial charge in [-0.15, -0.1) is 0 Å². The van der Waals surface area contributed by atoms with Crippen LogP contribution < -0.4 is 11.5 Å². The number of rotatable bonds is 5. The molecule has 0 spiro atoms. The van der Waals surface area contributed by atoms with Gasteiger partial charge in [0.25, 0.3) is 0 Å². The van der Waals surface area contributed by atoms with Crippen LogP contribution in [0.4, 0.5) is 0 Å². The third kappa shape index (κ3) is 3.64. The van der Waals surface area contributed by atoms with Crippen LogP contribution in [0.25, 0.3) is 0 Å². The number of carbonyl (C=O) groups excluding carboxylic acids is 1. The minimum Gasteiger partial charge on any atom is -0.459 e. The number of nitrogens with two attached hydrogens (primary N) is 2. The number of benzene rings is 1. The molecular weight excluding hydrogens is 204 g/mol. The molecule has 0 saturated carbocycles. The van der Waals surface area contributed by atoms with Gasteiger partial charge >= 0.3 is 5.97 Å². The molecule has 1 unspecified atom stereocenters. The highest BCUT2D eigenvalue weighted by Crippen LogP contribution is 2.09. The summed E-state index contributed by atoms with van der Waals surface area (Å²) in [5.41, 5.74) is 11.1. The highest BCUT2D eigenvalue weighted by atomic mass is 16.5. The van der Waals surface area contributed by atoms with Crippen molar-refractivity contribution in [1.29, 1.82) is 0 Å². The molecule has 4 heteroatoms. The Hall–Kier alpha value is -1.39. The van der Waals surface area contributed by atoms with Crippen LogP contribution in [0.15, 0.2) is 30.3 Å². The molecule has 0 heterocycles. The second-order valence-electron chi connectivity index (χ2n) is 4.02. The van der Waals surface area contributed by atoms with E-state index in [2.05, 4.69) is 0 Å². The van der Waals surface area contributed by atoms with Crippen molar-refractivity contribution in [3.63, 3.8) is 0 Å². The zero-order valence-electron chi connectivity index (χ0n) is 9.48. The van der Waals surface area contributed by atoms with E-state index in [9.17, 15) is 4.79 Å². The van der Waals surface area contributed by atoms with Crippen LogP contribution >= 0.6 is 0 Å². The van der Waals surface area contributed by atoms with Crippen molar-refractivity contribution >= 4 is 5.97 Å². The highest BCUT2D eigenvalue weighted by molar-refractivity contribution is 5.79. The lowest BCUT2D eigenvalue weighted by Crippen LogP contribution is -2.47. The summed E-state index contributed by atoms with van der Waals surface area (Å²) in [6.07, 6.45) is 0.417. The molecule has 1 atom stereocenters. The molecule has 16 heavy (non-hydrogen) atoms. The molecule has 1 aromatic rings. The molecule has 4 nitrogen and oxygen atoms in total. The maximum Gasteiger partial charge on any atom is 0.326 e. The second-order valence-corrected chi connectivity index (χ2v) is 4.02. The van der Waals surface area contributed by atoms with Crippen LogP contribution in [0, 0.1) is 0 Å². The van der Waals surface area contributed by atoms with E-state index in [0.717, 1.165) is 5.56 Å². The van der Waals surface area contributed by atoms with Gasteiger partial charge in [-0.1, -0.05) is 30.3 Å². The summed E-state index contributed by atoms with van der Waals surface area (Å²) < 4.78 is 5.13. The van der Waals surface area contributed by atoms with Gasteiger partial charge in [0.2, 0.25) is 0 Å². The Balaban J connectivity index is 2.47. The summed E-state index contributed by atoms with van der Waals surface area (Å²) >= 11 is 0. The predicted octanol–water partition coefficient (Wildman–Crippen LogP) is 0.796. The Bertz CT molecular complexity index is 336. The van der Waals surface area contributed by atoms with Crippen molar-refractivity contribution in [3.8, 4) is 0 Å². The van der Waals surface area contributed by atoms with Crippen LogP contribution in [0.1, 0.15) is 18.9 Å². The minimum atomic E-state index is -0.996. The average Bonchev–Trinajstić information content (AvgIpc) is 2.27. The molecular formula is C12H18N2O2. The standard InChI is InChI=1S/C12H18N2O2/c1-12(14,7-8-13)11(15)16-9-10-5-3-2-4-6-10/h2-6H,7-9,13-14H2,1H3. The van der Waals surface area contributed by atoms with Crippen molar-refractivity contribution in [2.24, 2.45) is 11.5 Å².